The van der Waals surface area contributed by atoms with Crippen LogP contribution in [0, 0.1) is 4.77 Å². The van der Waals surface area contributed by atoms with E-state index in [1.165, 1.54) is 15.9 Å². The number of rotatable bonds is 10. The average Bonchev–Trinajstić information content (AvgIpc) is 3.01. The first-order valence-electron chi connectivity index (χ1n) is 8.13. The summed E-state index contributed by atoms with van der Waals surface area (Å²) in [6.07, 6.45) is 0.838. The summed E-state index contributed by atoms with van der Waals surface area (Å²) >= 11 is 6.69. The molecule has 2 heterocycles. The third-order valence-electron chi connectivity index (χ3n) is 3.43. The number of hydrogen-bond donors (Lipinski definition) is 1. The van der Waals surface area contributed by atoms with Gasteiger partial charge in [0.15, 0.2) is 4.77 Å². The van der Waals surface area contributed by atoms with Crippen molar-refractivity contribution in [3.63, 3.8) is 0 Å². The molecule has 0 atom stereocenters. The molecule has 25 heavy (non-hydrogen) atoms. The number of esters is 1. The highest BCUT2D eigenvalue weighted by molar-refractivity contribution is 7.71. The number of fused-ring (bicyclic) bond motifs is 1. The van der Waals surface area contributed by atoms with Crippen LogP contribution in [0.25, 0.3) is 10.2 Å². The monoisotopic (exact) mass is 386 g/mol. The fraction of sp³-hybridized carbons (Fsp3) is 0.562. The molecule has 0 amide bonds. The van der Waals surface area contributed by atoms with Gasteiger partial charge >= 0.3 is 5.97 Å². The van der Waals surface area contributed by atoms with Crippen LogP contribution in [0.15, 0.2) is 10.9 Å². The third-order valence-corrected chi connectivity index (χ3v) is 4.94. The molecule has 2 aromatic rings. The Labute approximate surface area is 154 Å². The third kappa shape index (κ3) is 5.46. The number of nitrogens with zero attached hydrogens (tertiary/aromatic N) is 1. The van der Waals surface area contributed by atoms with Crippen LogP contribution in [0.2, 0.25) is 0 Å². The van der Waals surface area contributed by atoms with Crippen LogP contribution in [-0.4, -0.2) is 48.6 Å². The standard InChI is InChI=1S/C16H22N2O5S2/c1-3-11-9-12-14(25-11)17-16(24)18(15(12)20)10-13(19)23-8-7-22-6-5-21-4-2/h9H,3-8,10H2,1-2H3,(H,17,24). The van der Waals surface area contributed by atoms with Crippen molar-refractivity contribution >= 4 is 39.7 Å². The van der Waals surface area contributed by atoms with E-state index in [1.807, 2.05) is 19.9 Å². The summed E-state index contributed by atoms with van der Waals surface area (Å²) < 4.78 is 16.9. The first-order valence-corrected chi connectivity index (χ1v) is 9.35. The molecule has 138 valence electrons. The summed E-state index contributed by atoms with van der Waals surface area (Å²) in [6.45, 7) is 5.71. The molecule has 0 fully saturated rings. The van der Waals surface area contributed by atoms with E-state index in [4.69, 9.17) is 26.4 Å². The van der Waals surface area contributed by atoms with Gasteiger partial charge in [0.2, 0.25) is 0 Å². The molecule has 2 rings (SSSR count). The van der Waals surface area contributed by atoms with E-state index in [2.05, 4.69) is 4.98 Å². The van der Waals surface area contributed by atoms with Gasteiger partial charge in [0.25, 0.3) is 5.56 Å². The Bertz CT molecular complexity index is 824. The van der Waals surface area contributed by atoms with Crippen molar-refractivity contribution < 1.29 is 19.0 Å². The van der Waals surface area contributed by atoms with E-state index in [1.54, 1.807) is 0 Å². The fourth-order valence-electron chi connectivity index (χ4n) is 2.17. The zero-order valence-electron chi connectivity index (χ0n) is 14.3. The lowest BCUT2D eigenvalue weighted by molar-refractivity contribution is -0.146. The van der Waals surface area contributed by atoms with Crippen LogP contribution >= 0.6 is 23.6 Å². The van der Waals surface area contributed by atoms with Crippen molar-refractivity contribution in [2.75, 3.05) is 33.0 Å². The Kier molecular flexibility index (Phi) is 7.76. The van der Waals surface area contributed by atoms with Crippen molar-refractivity contribution in [3.05, 3.63) is 26.1 Å². The summed E-state index contributed by atoms with van der Waals surface area (Å²) in [7, 11) is 0. The largest absolute Gasteiger partial charge is 0.462 e. The van der Waals surface area contributed by atoms with E-state index >= 15 is 0 Å². The molecular weight excluding hydrogens is 364 g/mol. The molecule has 7 nitrogen and oxygen atoms in total. The highest BCUT2D eigenvalue weighted by atomic mass is 32.1. The minimum absolute atomic E-state index is 0.122. The first-order chi connectivity index (χ1) is 12.1. The quantitative estimate of drug-likeness (QED) is 0.383. The van der Waals surface area contributed by atoms with E-state index in [9.17, 15) is 9.59 Å². The molecule has 0 aliphatic heterocycles. The maximum absolute atomic E-state index is 12.5. The summed E-state index contributed by atoms with van der Waals surface area (Å²) in [5.74, 6) is -0.527. The summed E-state index contributed by atoms with van der Waals surface area (Å²) in [5.41, 5.74) is -0.278. The Morgan fingerprint density at radius 3 is 2.68 bits per heavy atom. The number of carbonyl (C=O) groups excluding carboxylic acids is 1. The Balaban J connectivity index is 1.92. The van der Waals surface area contributed by atoms with Gasteiger partial charge in [-0.05, 0) is 31.6 Å². The van der Waals surface area contributed by atoms with E-state index in [-0.39, 0.29) is 30.1 Å². The minimum atomic E-state index is -0.527. The minimum Gasteiger partial charge on any atom is -0.462 e. The maximum Gasteiger partial charge on any atom is 0.326 e. The lowest BCUT2D eigenvalue weighted by atomic mass is 10.3. The van der Waals surface area contributed by atoms with Gasteiger partial charge in [-0.2, -0.15) is 0 Å². The molecule has 2 aromatic heterocycles. The van der Waals surface area contributed by atoms with Crippen LogP contribution in [0.4, 0.5) is 0 Å². The van der Waals surface area contributed by atoms with Gasteiger partial charge in [-0.3, -0.25) is 14.2 Å². The average molecular weight is 386 g/mol. The number of aromatic amines is 1. The molecule has 0 unspecified atom stereocenters. The molecule has 0 aliphatic rings. The van der Waals surface area contributed by atoms with Gasteiger partial charge in [0, 0.05) is 11.5 Å². The first kappa shape index (κ1) is 19.8. The molecule has 0 aromatic carbocycles. The second-order valence-corrected chi connectivity index (χ2v) is 6.68. The van der Waals surface area contributed by atoms with Crippen LogP contribution in [0.1, 0.15) is 18.7 Å². The van der Waals surface area contributed by atoms with Gasteiger partial charge in [0.05, 0.1) is 25.2 Å². The van der Waals surface area contributed by atoms with Gasteiger partial charge < -0.3 is 19.2 Å². The van der Waals surface area contributed by atoms with Crippen molar-refractivity contribution in [1.29, 1.82) is 0 Å². The number of carbonyl (C=O) groups is 1. The SMILES string of the molecule is CCOCCOCCOC(=O)Cn1c(=S)[nH]c2sc(CC)cc2c1=O. The molecule has 9 heteroatoms. The molecule has 0 saturated heterocycles. The van der Waals surface area contributed by atoms with Crippen LogP contribution < -0.4 is 5.56 Å². The normalized spacial score (nSPS) is 11.1. The molecule has 0 bridgehead atoms. The van der Waals surface area contributed by atoms with Gasteiger partial charge in [-0.1, -0.05) is 6.92 Å². The van der Waals surface area contributed by atoms with Crippen molar-refractivity contribution in [2.45, 2.75) is 26.8 Å². The zero-order valence-corrected chi connectivity index (χ0v) is 16.0. The lowest BCUT2D eigenvalue weighted by Gasteiger charge is -2.08. The topological polar surface area (TPSA) is 82.6 Å². The molecule has 0 radical (unpaired) electrons. The summed E-state index contributed by atoms with van der Waals surface area (Å²) in [4.78, 5) is 29.3. The number of aromatic nitrogens is 2. The molecule has 1 N–H and O–H groups in total. The predicted molar refractivity (Wildman–Crippen MR) is 98.9 cm³/mol. The van der Waals surface area contributed by atoms with Crippen molar-refractivity contribution in [3.8, 4) is 0 Å². The van der Waals surface area contributed by atoms with E-state index < -0.39 is 5.97 Å². The van der Waals surface area contributed by atoms with Crippen LogP contribution in [-0.2, 0) is 32.0 Å². The van der Waals surface area contributed by atoms with Gasteiger partial charge in [-0.15, -0.1) is 11.3 Å². The van der Waals surface area contributed by atoms with Gasteiger partial charge in [-0.25, -0.2) is 0 Å². The number of aryl methyl sites for hydroxylation is 1. The predicted octanol–water partition coefficient (Wildman–Crippen LogP) is 2.28. The van der Waals surface area contributed by atoms with E-state index in [0.29, 0.717) is 25.2 Å². The smallest absolute Gasteiger partial charge is 0.326 e. The number of ether oxygens (including phenoxy) is 3. The highest BCUT2D eigenvalue weighted by Crippen LogP contribution is 2.21. The number of hydrogen-bond acceptors (Lipinski definition) is 7. The Morgan fingerprint density at radius 1 is 1.24 bits per heavy atom. The van der Waals surface area contributed by atoms with Crippen molar-refractivity contribution in [1.82, 2.24) is 9.55 Å². The number of thiophene rings is 1. The van der Waals surface area contributed by atoms with Crippen LogP contribution in [0.3, 0.4) is 0 Å². The van der Waals surface area contributed by atoms with Crippen molar-refractivity contribution in [2.24, 2.45) is 0 Å². The number of H-pyrrole nitrogens is 1. The molecule has 0 saturated carbocycles. The van der Waals surface area contributed by atoms with Crippen LogP contribution in [0.5, 0.6) is 0 Å². The zero-order chi connectivity index (χ0) is 18.2. The second-order valence-electron chi connectivity index (χ2n) is 5.16. The molecule has 0 spiro atoms. The summed E-state index contributed by atoms with van der Waals surface area (Å²) in [6, 6.07) is 1.83. The second kappa shape index (κ2) is 9.81. The fourth-order valence-corrected chi connectivity index (χ4v) is 3.47. The van der Waals surface area contributed by atoms with Gasteiger partial charge in [0.1, 0.15) is 18.0 Å². The number of nitrogens with one attached hydrogen (secondary N) is 1. The Morgan fingerprint density at radius 2 is 1.96 bits per heavy atom. The molecular formula is C16H22N2O5S2. The van der Waals surface area contributed by atoms with E-state index in [0.717, 1.165) is 16.1 Å². The lowest BCUT2D eigenvalue weighted by Crippen LogP contribution is -2.27. The summed E-state index contributed by atoms with van der Waals surface area (Å²) in [5, 5.41) is 0.544. The highest BCUT2D eigenvalue weighted by Gasteiger charge is 2.12. The maximum atomic E-state index is 12.5. The Hall–Kier alpha value is -1.55. The molecule has 0 aliphatic carbocycles.